The van der Waals surface area contributed by atoms with Crippen LogP contribution in [0.25, 0.3) is 0 Å². The largest absolute Gasteiger partial charge is 0.390 e. The van der Waals surface area contributed by atoms with Gasteiger partial charge in [-0.1, -0.05) is 24.3 Å². The molecule has 1 aromatic rings. The molecule has 0 amide bonds. The number of nitrogens with one attached hydrogen (secondary N) is 1. The first-order valence-electron chi connectivity index (χ1n) is 7.49. The second kappa shape index (κ2) is 8.37. The van der Waals surface area contributed by atoms with Gasteiger partial charge in [0, 0.05) is 26.2 Å². The first-order valence-corrected chi connectivity index (χ1v) is 7.49. The number of benzene rings is 1. The SMILES string of the molecule is Cc1ccccc1CCNCC(O)CN1CCOCC1. The topological polar surface area (TPSA) is 44.7 Å². The molecule has 1 heterocycles. The summed E-state index contributed by atoms with van der Waals surface area (Å²) in [6.07, 6.45) is 0.710. The fourth-order valence-corrected chi connectivity index (χ4v) is 2.53. The van der Waals surface area contributed by atoms with Crippen molar-refractivity contribution in [1.82, 2.24) is 10.2 Å². The number of aliphatic hydroxyl groups is 1. The van der Waals surface area contributed by atoms with Crippen LogP contribution in [0.3, 0.4) is 0 Å². The second-order valence-corrected chi connectivity index (χ2v) is 5.45. The van der Waals surface area contributed by atoms with Crippen molar-refractivity contribution in [3.8, 4) is 0 Å². The normalized spacial score (nSPS) is 18.1. The lowest BCUT2D eigenvalue weighted by Crippen LogP contribution is -2.43. The Morgan fingerprint density at radius 3 is 2.80 bits per heavy atom. The summed E-state index contributed by atoms with van der Waals surface area (Å²) in [5.74, 6) is 0. The van der Waals surface area contributed by atoms with Gasteiger partial charge in [-0.05, 0) is 31.0 Å². The maximum Gasteiger partial charge on any atom is 0.0791 e. The summed E-state index contributed by atoms with van der Waals surface area (Å²) in [4.78, 5) is 2.26. The van der Waals surface area contributed by atoms with E-state index in [1.54, 1.807) is 0 Å². The molecule has 4 nitrogen and oxygen atoms in total. The predicted octanol–water partition coefficient (Wildman–Crippen LogP) is 0.820. The van der Waals surface area contributed by atoms with Crippen LogP contribution in [0.15, 0.2) is 24.3 Å². The van der Waals surface area contributed by atoms with E-state index in [4.69, 9.17) is 4.74 Å². The highest BCUT2D eigenvalue weighted by atomic mass is 16.5. The minimum atomic E-state index is -0.301. The van der Waals surface area contributed by atoms with Crippen LogP contribution in [-0.2, 0) is 11.2 Å². The lowest BCUT2D eigenvalue weighted by Gasteiger charge is -2.28. The molecule has 4 heteroatoms. The first kappa shape index (κ1) is 15.4. The highest BCUT2D eigenvalue weighted by Crippen LogP contribution is 2.06. The smallest absolute Gasteiger partial charge is 0.0791 e. The zero-order valence-electron chi connectivity index (χ0n) is 12.3. The molecular weight excluding hydrogens is 252 g/mol. The van der Waals surface area contributed by atoms with E-state index in [2.05, 4.69) is 41.4 Å². The Balaban J connectivity index is 1.59. The van der Waals surface area contributed by atoms with Gasteiger partial charge in [-0.2, -0.15) is 0 Å². The first-order chi connectivity index (χ1) is 9.75. The molecule has 112 valence electrons. The maximum absolute atomic E-state index is 10.0. The Labute approximate surface area is 121 Å². The van der Waals surface area contributed by atoms with E-state index in [0.717, 1.165) is 45.8 Å². The number of aliphatic hydroxyl groups excluding tert-OH is 1. The Morgan fingerprint density at radius 2 is 2.05 bits per heavy atom. The van der Waals surface area contributed by atoms with Crippen molar-refractivity contribution in [2.45, 2.75) is 19.4 Å². The van der Waals surface area contributed by atoms with Gasteiger partial charge in [0.2, 0.25) is 0 Å². The van der Waals surface area contributed by atoms with Gasteiger partial charge in [0.15, 0.2) is 0 Å². The zero-order valence-corrected chi connectivity index (χ0v) is 12.3. The fraction of sp³-hybridized carbons (Fsp3) is 0.625. The Hall–Kier alpha value is -0.940. The molecule has 2 N–H and O–H groups in total. The van der Waals surface area contributed by atoms with Crippen LogP contribution in [0.1, 0.15) is 11.1 Å². The second-order valence-electron chi connectivity index (χ2n) is 5.45. The number of β-amino-alcohol motifs (C(OH)–C–C–N with tert-alkyl or cyclic N) is 1. The van der Waals surface area contributed by atoms with Crippen LogP contribution in [-0.4, -0.2) is 62.0 Å². The van der Waals surface area contributed by atoms with Crippen LogP contribution < -0.4 is 5.32 Å². The van der Waals surface area contributed by atoms with Crippen molar-refractivity contribution in [2.24, 2.45) is 0 Å². The molecule has 0 radical (unpaired) electrons. The summed E-state index contributed by atoms with van der Waals surface area (Å²) in [6.45, 7) is 7.87. The lowest BCUT2D eigenvalue weighted by atomic mass is 10.1. The van der Waals surface area contributed by atoms with Crippen LogP contribution in [0.4, 0.5) is 0 Å². The third-order valence-corrected chi connectivity index (χ3v) is 3.78. The summed E-state index contributed by atoms with van der Waals surface area (Å²) < 4.78 is 5.30. The van der Waals surface area contributed by atoms with Gasteiger partial charge in [0.1, 0.15) is 0 Å². The van der Waals surface area contributed by atoms with Crippen molar-refractivity contribution in [2.75, 3.05) is 45.9 Å². The molecule has 1 atom stereocenters. The molecule has 1 aliphatic rings. The van der Waals surface area contributed by atoms with Gasteiger partial charge in [-0.25, -0.2) is 0 Å². The number of aryl methyl sites for hydroxylation is 1. The van der Waals surface area contributed by atoms with Crippen LogP contribution >= 0.6 is 0 Å². The Bertz CT molecular complexity index is 392. The number of nitrogens with zero attached hydrogens (tertiary/aromatic N) is 1. The molecule has 1 saturated heterocycles. The van der Waals surface area contributed by atoms with Crippen LogP contribution in [0.2, 0.25) is 0 Å². The Morgan fingerprint density at radius 1 is 1.30 bits per heavy atom. The van der Waals surface area contributed by atoms with Crippen LogP contribution in [0, 0.1) is 6.92 Å². The summed E-state index contributed by atoms with van der Waals surface area (Å²) in [7, 11) is 0. The van der Waals surface area contributed by atoms with Gasteiger partial charge in [0.05, 0.1) is 19.3 Å². The Kier molecular flexibility index (Phi) is 6.47. The summed E-state index contributed by atoms with van der Waals surface area (Å²) in [6, 6.07) is 8.46. The lowest BCUT2D eigenvalue weighted by molar-refractivity contribution is 0.0150. The monoisotopic (exact) mass is 278 g/mol. The average molecular weight is 278 g/mol. The van der Waals surface area contributed by atoms with Gasteiger partial charge in [-0.15, -0.1) is 0 Å². The minimum Gasteiger partial charge on any atom is -0.390 e. The van der Waals surface area contributed by atoms with Crippen molar-refractivity contribution in [3.05, 3.63) is 35.4 Å². The number of rotatable bonds is 7. The number of morpholine rings is 1. The highest BCUT2D eigenvalue weighted by molar-refractivity contribution is 5.25. The quantitative estimate of drug-likeness (QED) is 0.725. The third kappa shape index (κ3) is 5.21. The molecule has 20 heavy (non-hydrogen) atoms. The summed E-state index contributed by atoms with van der Waals surface area (Å²) in [5.41, 5.74) is 2.71. The van der Waals surface area contributed by atoms with Crippen molar-refractivity contribution in [3.63, 3.8) is 0 Å². The fourth-order valence-electron chi connectivity index (χ4n) is 2.53. The van der Waals surface area contributed by atoms with Crippen LogP contribution in [0.5, 0.6) is 0 Å². The third-order valence-electron chi connectivity index (χ3n) is 3.78. The zero-order chi connectivity index (χ0) is 14.2. The predicted molar refractivity (Wildman–Crippen MR) is 81.0 cm³/mol. The molecule has 1 fully saturated rings. The summed E-state index contributed by atoms with van der Waals surface area (Å²) in [5, 5.41) is 13.4. The maximum atomic E-state index is 10.0. The molecule has 2 rings (SSSR count). The van der Waals surface area contributed by atoms with Crippen molar-refractivity contribution in [1.29, 1.82) is 0 Å². The molecule has 0 bridgehead atoms. The molecular formula is C16H26N2O2. The van der Waals surface area contributed by atoms with Gasteiger partial charge in [0.25, 0.3) is 0 Å². The van der Waals surface area contributed by atoms with Crippen molar-refractivity contribution >= 4 is 0 Å². The average Bonchev–Trinajstić information content (AvgIpc) is 2.46. The van der Waals surface area contributed by atoms with E-state index >= 15 is 0 Å². The summed E-state index contributed by atoms with van der Waals surface area (Å²) >= 11 is 0. The van der Waals surface area contributed by atoms with E-state index < -0.39 is 0 Å². The van der Waals surface area contributed by atoms with E-state index in [1.165, 1.54) is 11.1 Å². The van der Waals surface area contributed by atoms with Gasteiger partial charge < -0.3 is 15.2 Å². The molecule has 1 unspecified atom stereocenters. The van der Waals surface area contributed by atoms with E-state index in [-0.39, 0.29) is 6.10 Å². The molecule has 0 aromatic heterocycles. The van der Waals surface area contributed by atoms with E-state index in [9.17, 15) is 5.11 Å². The highest BCUT2D eigenvalue weighted by Gasteiger charge is 2.14. The standard InChI is InChI=1S/C16H26N2O2/c1-14-4-2-3-5-15(14)6-7-17-12-16(19)13-18-8-10-20-11-9-18/h2-5,16-17,19H,6-13H2,1H3. The molecule has 0 saturated carbocycles. The molecule has 1 aromatic carbocycles. The van der Waals surface area contributed by atoms with E-state index in [0.29, 0.717) is 6.54 Å². The molecule has 0 aliphatic carbocycles. The van der Waals surface area contributed by atoms with Gasteiger partial charge in [-0.3, -0.25) is 4.90 Å². The number of hydrogen-bond donors (Lipinski definition) is 2. The van der Waals surface area contributed by atoms with Gasteiger partial charge >= 0.3 is 0 Å². The minimum absolute atomic E-state index is 0.301. The molecule has 0 spiro atoms. The van der Waals surface area contributed by atoms with E-state index in [1.807, 2.05) is 0 Å². The number of ether oxygens (including phenoxy) is 1. The van der Waals surface area contributed by atoms with Crippen molar-refractivity contribution < 1.29 is 9.84 Å². The molecule has 1 aliphatic heterocycles. The number of hydrogen-bond acceptors (Lipinski definition) is 4.